The molecule has 0 radical (unpaired) electrons. The Morgan fingerprint density at radius 2 is 1.62 bits per heavy atom. The van der Waals surface area contributed by atoms with Crippen LogP contribution in [-0.4, -0.2) is 4.98 Å². The summed E-state index contributed by atoms with van der Waals surface area (Å²) >= 11 is 0. The van der Waals surface area contributed by atoms with Crippen LogP contribution in [0.3, 0.4) is 0 Å². The van der Waals surface area contributed by atoms with E-state index < -0.39 is 0 Å². The lowest BCUT2D eigenvalue weighted by Gasteiger charge is -2.15. The Bertz CT molecular complexity index is 1260. The van der Waals surface area contributed by atoms with E-state index in [0.29, 0.717) is 12.1 Å². The van der Waals surface area contributed by atoms with Gasteiger partial charge in [-0.05, 0) is 84.5 Å². The highest BCUT2D eigenvalue weighted by molar-refractivity contribution is 5.84. The lowest BCUT2D eigenvalue weighted by Crippen LogP contribution is -2.02. The maximum atomic E-state index is 13.9. The summed E-state index contributed by atoms with van der Waals surface area (Å²) in [6.45, 7) is 6.64. The molecule has 3 N–H and O–H groups in total. The molecule has 32 heavy (non-hydrogen) atoms. The second-order valence-corrected chi connectivity index (χ2v) is 8.18. The molecule has 0 unspecified atom stereocenters. The highest BCUT2D eigenvalue weighted by Gasteiger charge is 2.13. The molecule has 0 aliphatic heterocycles. The van der Waals surface area contributed by atoms with E-state index in [2.05, 4.69) is 48.6 Å². The van der Waals surface area contributed by atoms with E-state index in [4.69, 9.17) is 10.7 Å². The molecule has 3 nitrogen and oxygen atoms in total. The van der Waals surface area contributed by atoms with Crippen LogP contribution in [0.15, 0.2) is 72.9 Å². The fraction of sp³-hybridized carbons (Fsp3) is 0.179. The normalized spacial score (nSPS) is 10.9. The summed E-state index contributed by atoms with van der Waals surface area (Å²) in [6.07, 6.45) is 2.85. The zero-order valence-electron chi connectivity index (χ0n) is 18.7. The second kappa shape index (κ2) is 9.23. The SMILES string of the molecule is CCc1cccc(CNc2cnc(-c3ccc(F)c(C)c3)c(-c3ccc(N)c(C)c3)c2)c1. The Labute approximate surface area is 189 Å². The fourth-order valence-electron chi connectivity index (χ4n) is 3.81. The van der Waals surface area contributed by atoms with Gasteiger partial charge in [-0.1, -0.05) is 37.3 Å². The van der Waals surface area contributed by atoms with Gasteiger partial charge >= 0.3 is 0 Å². The minimum Gasteiger partial charge on any atom is -0.399 e. The highest BCUT2D eigenvalue weighted by atomic mass is 19.1. The van der Waals surface area contributed by atoms with Gasteiger partial charge in [-0.25, -0.2) is 4.39 Å². The quantitative estimate of drug-likeness (QED) is 0.329. The third-order valence-electron chi connectivity index (χ3n) is 5.80. The summed E-state index contributed by atoms with van der Waals surface area (Å²) in [4.78, 5) is 4.78. The minimum atomic E-state index is -0.216. The summed E-state index contributed by atoms with van der Waals surface area (Å²) < 4.78 is 13.9. The first-order valence-electron chi connectivity index (χ1n) is 10.9. The molecule has 4 rings (SSSR count). The number of nitrogens with zero attached hydrogens (tertiary/aromatic N) is 1. The molecular formula is C28H28FN3. The number of pyridine rings is 1. The van der Waals surface area contributed by atoms with Crippen LogP contribution in [0.1, 0.15) is 29.2 Å². The number of nitrogens with two attached hydrogens (primary N) is 1. The first-order chi connectivity index (χ1) is 15.4. The molecule has 0 amide bonds. The van der Waals surface area contributed by atoms with Gasteiger partial charge in [0.2, 0.25) is 0 Å². The van der Waals surface area contributed by atoms with E-state index in [-0.39, 0.29) is 5.82 Å². The van der Waals surface area contributed by atoms with Crippen molar-refractivity contribution in [3.05, 3.63) is 101 Å². The number of aromatic nitrogens is 1. The van der Waals surface area contributed by atoms with E-state index in [9.17, 15) is 4.39 Å². The van der Waals surface area contributed by atoms with Gasteiger partial charge < -0.3 is 11.1 Å². The molecule has 0 aliphatic carbocycles. The van der Waals surface area contributed by atoms with Crippen LogP contribution in [0.25, 0.3) is 22.4 Å². The summed E-state index contributed by atoms with van der Waals surface area (Å²) in [5.41, 5.74) is 15.6. The Balaban J connectivity index is 1.73. The first-order valence-corrected chi connectivity index (χ1v) is 10.9. The molecule has 0 aliphatic rings. The van der Waals surface area contributed by atoms with Gasteiger partial charge in [0.1, 0.15) is 5.82 Å². The number of anilines is 2. The van der Waals surface area contributed by atoms with Gasteiger partial charge in [-0.2, -0.15) is 0 Å². The maximum Gasteiger partial charge on any atom is 0.126 e. The topological polar surface area (TPSA) is 50.9 Å². The Kier molecular flexibility index (Phi) is 6.22. The van der Waals surface area contributed by atoms with Crippen LogP contribution >= 0.6 is 0 Å². The summed E-state index contributed by atoms with van der Waals surface area (Å²) in [7, 11) is 0. The molecule has 1 aromatic heterocycles. The number of nitrogens with one attached hydrogen (secondary N) is 1. The molecule has 0 spiro atoms. The van der Waals surface area contributed by atoms with E-state index in [1.165, 1.54) is 17.2 Å². The van der Waals surface area contributed by atoms with E-state index in [1.54, 1.807) is 13.0 Å². The van der Waals surface area contributed by atoms with Gasteiger partial charge in [0.25, 0.3) is 0 Å². The van der Waals surface area contributed by atoms with Crippen molar-refractivity contribution in [3.63, 3.8) is 0 Å². The molecule has 0 fully saturated rings. The maximum absolute atomic E-state index is 13.9. The van der Waals surface area contributed by atoms with E-state index in [1.807, 2.05) is 31.3 Å². The number of benzene rings is 3. The zero-order valence-corrected chi connectivity index (χ0v) is 18.7. The Morgan fingerprint density at radius 3 is 2.38 bits per heavy atom. The van der Waals surface area contributed by atoms with Crippen molar-refractivity contribution in [1.29, 1.82) is 0 Å². The molecule has 1 heterocycles. The van der Waals surface area contributed by atoms with Gasteiger partial charge in [0, 0.05) is 23.4 Å². The third kappa shape index (κ3) is 4.65. The van der Waals surface area contributed by atoms with Crippen LogP contribution in [0.5, 0.6) is 0 Å². The molecule has 0 saturated heterocycles. The predicted molar refractivity (Wildman–Crippen MR) is 132 cm³/mol. The molecule has 4 heteroatoms. The van der Waals surface area contributed by atoms with Crippen LogP contribution in [-0.2, 0) is 13.0 Å². The second-order valence-electron chi connectivity index (χ2n) is 8.18. The molecule has 0 saturated carbocycles. The highest BCUT2D eigenvalue weighted by Crippen LogP contribution is 2.34. The lowest BCUT2D eigenvalue weighted by molar-refractivity contribution is 0.619. The zero-order chi connectivity index (χ0) is 22.7. The molecule has 3 aromatic carbocycles. The number of hydrogen-bond acceptors (Lipinski definition) is 3. The predicted octanol–water partition coefficient (Wildman–Crippen LogP) is 6.93. The van der Waals surface area contributed by atoms with Crippen molar-refractivity contribution in [1.82, 2.24) is 4.98 Å². The van der Waals surface area contributed by atoms with Gasteiger partial charge in [-0.3, -0.25) is 4.98 Å². The van der Waals surface area contributed by atoms with Gasteiger partial charge in [0.15, 0.2) is 0 Å². The third-order valence-corrected chi connectivity index (χ3v) is 5.80. The molecule has 0 atom stereocenters. The van der Waals surface area contributed by atoms with Crippen molar-refractivity contribution in [2.75, 3.05) is 11.1 Å². The van der Waals surface area contributed by atoms with Crippen molar-refractivity contribution in [3.8, 4) is 22.4 Å². The number of nitrogen functional groups attached to an aromatic ring is 1. The average Bonchev–Trinajstić information content (AvgIpc) is 2.81. The fourth-order valence-corrected chi connectivity index (χ4v) is 3.81. The van der Waals surface area contributed by atoms with Crippen LogP contribution in [0, 0.1) is 19.7 Å². The average molecular weight is 426 g/mol. The van der Waals surface area contributed by atoms with E-state index >= 15 is 0 Å². The molecule has 162 valence electrons. The van der Waals surface area contributed by atoms with Crippen molar-refractivity contribution in [2.24, 2.45) is 0 Å². The van der Waals surface area contributed by atoms with Crippen LogP contribution in [0.2, 0.25) is 0 Å². The summed E-state index contributed by atoms with van der Waals surface area (Å²) in [5, 5.41) is 3.50. The minimum absolute atomic E-state index is 0.216. The number of halogens is 1. The van der Waals surface area contributed by atoms with Crippen molar-refractivity contribution < 1.29 is 4.39 Å². The van der Waals surface area contributed by atoms with Crippen molar-refractivity contribution in [2.45, 2.75) is 33.7 Å². The van der Waals surface area contributed by atoms with Gasteiger partial charge in [0.05, 0.1) is 17.6 Å². The molecular weight excluding hydrogens is 397 g/mol. The largest absolute Gasteiger partial charge is 0.399 e. The van der Waals surface area contributed by atoms with Crippen molar-refractivity contribution >= 4 is 11.4 Å². The summed E-state index contributed by atoms with van der Waals surface area (Å²) in [6, 6.07) is 21.8. The number of rotatable bonds is 6. The van der Waals surface area contributed by atoms with E-state index in [0.717, 1.165) is 45.7 Å². The molecule has 4 aromatic rings. The Morgan fingerprint density at radius 1 is 0.875 bits per heavy atom. The number of hydrogen-bond donors (Lipinski definition) is 2. The van der Waals surface area contributed by atoms with Crippen LogP contribution in [0.4, 0.5) is 15.8 Å². The Hall–Kier alpha value is -3.66. The molecule has 0 bridgehead atoms. The standard InChI is InChI=1S/C28H28FN3/c1-4-20-6-5-7-21(14-20)16-31-24-15-25(22-9-11-27(30)19(3)13-22)28(32-17-24)23-8-10-26(29)18(2)12-23/h5-15,17,31H,4,16,30H2,1-3H3. The van der Waals surface area contributed by atoms with Gasteiger partial charge in [-0.15, -0.1) is 0 Å². The van der Waals surface area contributed by atoms with Crippen LogP contribution < -0.4 is 11.1 Å². The summed E-state index contributed by atoms with van der Waals surface area (Å²) in [5.74, 6) is -0.216. The first kappa shape index (κ1) is 21.6. The lowest BCUT2D eigenvalue weighted by atomic mass is 9.96. The monoisotopic (exact) mass is 425 g/mol. The smallest absolute Gasteiger partial charge is 0.126 e. The number of aryl methyl sites for hydroxylation is 3.